The molecule has 4 heteroatoms. The zero-order valence-electron chi connectivity index (χ0n) is 10.4. The summed E-state index contributed by atoms with van der Waals surface area (Å²) in [6, 6.07) is 4.14. The minimum Gasteiger partial charge on any atom is -0.397 e. The first-order valence-electron chi connectivity index (χ1n) is 6.13. The monoisotopic (exact) mass is 240 g/mol. The Morgan fingerprint density at radius 2 is 2.28 bits per heavy atom. The van der Waals surface area contributed by atoms with Crippen molar-refractivity contribution in [3.8, 4) is 0 Å². The standard InChI is InChI=1S/C14H16N4/c1-10-2-3-12-14(13(10)15)17-9-18(12)8-11-4-6-16-7-5-11/h2-4,6,9H,5,7-8,15H2,1H3. The molecule has 1 aromatic carbocycles. The average Bonchev–Trinajstić information content (AvgIpc) is 2.79. The number of dihydropyridines is 1. The molecule has 0 unspecified atom stereocenters. The predicted molar refractivity (Wildman–Crippen MR) is 74.9 cm³/mol. The van der Waals surface area contributed by atoms with Gasteiger partial charge in [0.05, 0.1) is 17.5 Å². The van der Waals surface area contributed by atoms with Gasteiger partial charge >= 0.3 is 0 Å². The third-order valence-electron chi connectivity index (χ3n) is 3.40. The Labute approximate surface area is 106 Å². The molecule has 1 aromatic heterocycles. The van der Waals surface area contributed by atoms with Crippen LogP contribution in [0.4, 0.5) is 5.69 Å². The number of nitrogen functional groups attached to an aromatic ring is 1. The number of nitrogens with zero attached hydrogens (tertiary/aromatic N) is 3. The van der Waals surface area contributed by atoms with E-state index in [0.717, 1.165) is 41.8 Å². The molecule has 3 rings (SSSR count). The van der Waals surface area contributed by atoms with Crippen LogP contribution in [0.15, 0.2) is 35.1 Å². The number of nitrogens with two attached hydrogens (primary N) is 1. The summed E-state index contributed by atoms with van der Waals surface area (Å²) >= 11 is 0. The fourth-order valence-corrected chi connectivity index (χ4v) is 2.26. The van der Waals surface area contributed by atoms with E-state index >= 15 is 0 Å². The molecule has 92 valence electrons. The second kappa shape index (κ2) is 4.29. The fourth-order valence-electron chi connectivity index (χ4n) is 2.26. The van der Waals surface area contributed by atoms with Crippen molar-refractivity contribution in [1.82, 2.24) is 9.55 Å². The molecule has 0 amide bonds. The maximum Gasteiger partial charge on any atom is 0.112 e. The van der Waals surface area contributed by atoms with Crippen molar-refractivity contribution in [2.75, 3.05) is 12.3 Å². The van der Waals surface area contributed by atoms with Crippen molar-refractivity contribution in [3.05, 3.63) is 35.7 Å². The molecular weight excluding hydrogens is 224 g/mol. The molecule has 0 spiro atoms. The quantitative estimate of drug-likeness (QED) is 0.819. The van der Waals surface area contributed by atoms with Crippen molar-refractivity contribution in [2.24, 2.45) is 4.99 Å². The summed E-state index contributed by atoms with van der Waals surface area (Å²) in [4.78, 5) is 8.62. The second-order valence-electron chi connectivity index (χ2n) is 4.67. The number of anilines is 1. The summed E-state index contributed by atoms with van der Waals surface area (Å²) < 4.78 is 2.15. The van der Waals surface area contributed by atoms with Crippen LogP contribution in [-0.2, 0) is 6.54 Å². The van der Waals surface area contributed by atoms with E-state index < -0.39 is 0 Å². The molecule has 1 aliphatic rings. The summed E-state index contributed by atoms with van der Waals surface area (Å²) in [5, 5.41) is 0. The number of imidazole rings is 1. The minimum atomic E-state index is 0.783. The van der Waals surface area contributed by atoms with Gasteiger partial charge in [-0.25, -0.2) is 4.98 Å². The van der Waals surface area contributed by atoms with Crippen LogP contribution < -0.4 is 5.73 Å². The molecule has 0 fully saturated rings. The molecule has 0 bridgehead atoms. The van der Waals surface area contributed by atoms with E-state index in [1.807, 2.05) is 25.5 Å². The molecule has 1 aliphatic heterocycles. The van der Waals surface area contributed by atoms with E-state index in [4.69, 9.17) is 5.73 Å². The maximum absolute atomic E-state index is 6.05. The van der Waals surface area contributed by atoms with Crippen molar-refractivity contribution >= 4 is 22.9 Å². The largest absolute Gasteiger partial charge is 0.397 e. The molecule has 2 heterocycles. The van der Waals surface area contributed by atoms with E-state index in [1.54, 1.807) is 0 Å². The first-order valence-corrected chi connectivity index (χ1v) is 6.13. The molecule has 4 nitrogen and oxygen atoms in total. The number of aliphatic imine (C=N–C) groups is 1. The van der Waals surface area contributed by atoms with Crippen LogP contribution in [-0.4, -0.2) is 22.3 Å². The molecular formula is C14H16N4. The van der Waals surface area contributed by atoms with E-state index in [1.165, 1.54) is 5.57 Å². The molecule has 18 heavy (non-hydrogen) atoms. The zero-order chi connectivity index (χ0) is 12.5. The Bertz CT molecular complexity index is 649. The van der Waals surface area contributed by atoms with Gasteiger partial charge in [0.15, 0.2) is 0 Å². The Morgan fingerprint density at radius 3 is 3.06 bits per heavy atom. The summed E-state index contributed by atoms with van der Waals surface area (Å²) in [5.74, 6) is 0. The summed E-state index contributed by atoms with van der Waals surface area (Å²) in [6.45, 7) is 3.76. The number of benzene rings is 1. The lowest BCUT2D eigenvalue weighted by Gasteiger charge is -2.10. The first kappa shape index (κ1) is 11.0. The van der Waals surface area contributed by atoms with Crippen LogP contribution in [0.3, 0.4) is 0 Å². The number of hydrogen-bond acceptors (Lipinski definition) is 3. The topological polar surface area (TPSA) is 56.2 Å². The molecule has 0 radical (unpaired) electrons. The molecule has 2 N–H and O–H groups in total. The van der Waals surface area contributed by atoms with Gasteiger partial charge in [-0.05, 0) is 36.6 Å². The van der Waals surface area contributed by atoms with Crippen LogP contribution in [0.25, 0.3) is 11.0 Å². The normalized spacial score (nSPS) is 15.1. The fraction of sp³-hybridized carbons (Fsp3) is 0.286. The Morgan fingerprint density at radius 1 is 1.39 bits per heavy atom. The van der Waals surface area contributed by atoms with Gasteiger partial charge < -0.3 is 10.3 Å². The Kier molecular flexibility index (Phi) is 2.63. The first-order chi connectivity index (χ1) is 8.75. The number of allylic oxidation sites excluding steroid dienone is 1. The maximum atomic E-state index is 6.05. The van der Waals surface area contributed by atoms with Gasteiger partial charge in [-0.3, -0.25) is 4.99 Å². The summed E-state index contributed by atoms with van der Waals surface area (Å²) in [7, 11) is 0. The highest BCUT2D eigenvalue weighted by molar-refractivity contribution is 5.89. The third kappa shape index (κ3) is 1.79. The van der Waals surface area contributed by atoms with Gasteiger partial charge in [0.25, 0.3) is 0 Å². The number of fused-ring (bicyclic) bond motifs is 1. The molecule has 0 atom stereocenters. The van der Waals surface area contributed by atoms with Crippen molar-refractivity contribution in [2.45, 2.75) is 19.9 Å². The molecule has 0 aliphatic carbocycles. The lowest BCUT2D eigenvalue weighted by atomic mass is 10.1. The third-order valence-corrected chi connectivity index (χ3v) is 3.40. The lowest BCUT2D eigenvalue weighted by molar-refractivity contribution is 0.757. The smallest absolute Gasteiger partial charge is 0.112 e. The van der Waals surface area contributed by atoms with Crippen LogP contribution in [0.1, 0.15) is 12.0 Å². The van der Waals surface area contributed by atoms with Crippen molar-refractivity contribution < 1.29 is 0 Å². The SMILES string of the molecule is Cc1ccc2c(ncn2CC2=CC=NCC2)c1N. The summed E-state index contributed by atoms with van der Waals surface area (Å²) in [6.07, 6.45) is 6.87. The number of aryl methyl sites for hydroxylation is 1. The van der Waals surface area contributed by atoms with Crippen molar-refractivity contribution in [3.63, 3.8) is 0 Å². The molecule has 2 aromatic rings. The van der Waals surface area contributed by atoms with E-state index in [-0.39, 0.29) is 0 Å². The number of aromatic nitrogens is 2. The lowest BCUT2D eigenvalue weighted by Crippen LogP contribution is -2.04. The van der Waals surface area contributed by atoms with Gasteiger partial charge in [0, 0.05) is 19.3 Å². The predicted octanol–water partition coefficient (Wildman–Crippen LogP) is 2.33. The van der Waals surface area contributed by atoms with Crippen LogP contribution >= 0.6 is 0 Å². The van der Waals surface area contributed by atoms with Crippen LogP contribution in [0.2, 0.25) is 0 Å². The second-order valence-corrected chi connectivity index (χ2v) is 4.67. The van der Waals surface area contributed by atoms with Gasteiger partial charge in [-0.15, -0.1) is 0 Å². The highest BCUT2D eigenvalue weighted by Gasteiger charge is 2.09. The highest BCUT2D eigenvalue weighted by atomic mass is 15.0. The highest BCUT2D eigenvalue weighted by Crippen LogP contribution is 2.24. The number of rotatable bonds is 2. The van der Waals surface area contributed by atoms with Gasteiger partial charge in [-0.1, -0.05) is 6.07 Å². The van der Waals surface area contributed by atoms with Gasteiger partial charge in [-0.2, -0.15) is 0 Å². The number of hydrogen-bond donors (Lipinski definition) is 1. The van der Waals surface area contributed by atoms with Gasteiger partial charge in [0.2, 0.25) is 0 Å². The Balaban J connectivity index is 2.00. The van der Waals surface area contributed by atoms with E-state index in [9.17, 15) is 0 Å². The van der Waals surface area contributed by atoms with E-state index in [2.05, 4.69) is 26.7 Å². The van der Waals surface area contributed by atoms with E-state index in [0.29, 0.717) is 0 Å². The van der Waals surface area contributed by atoms with Gasteiger partial charge in [0.1, 0.15) is 5.52 Å². The van der Waals surface area contributed by atoms with Crippen LogP contribution in [0.5, 0.6) is 0 Å². The molecule has 0 saturated carbocycles. The molecule has 0 saturated heterocycles. The van der Waals surface area contributed by atoms with Crippen molar-refractivity contribution in [1.29, 1.82) is 0 Å². The summed E-state index contributed by atoms with van der Waals surface area (Å²) in [5.41, 5.74) is 11.3. The Hall–Kier alpha value is -2.10. The minimum absolute atomic E-state index is 0.783. The average molecular weight is 240 g/mol. The zero-order valence-corrected chi connectivity index (χ0v) is 10.4. The van der Waals surface area contributed by atoms with Crippen LogP contribution in [0, 0.1) is 6.92 Å².